The van der Waals surface area contributed by atoms with Gasteiger partial charge in [-0.3, -0.25) is 4.79 Å². The number of pyridine rings is 1. The van der Waals surface area contributed by atoms with Crippen molar-refractivity contribution >= 4 is 28.7 Å². The van der Waals surface area contributed by atoms with Crippen LogP contribution in [0.5, 0.6) is 0 Å². The van der Waals surface area contributed by atoms with Crippen molar-refractivity contribution in [2.75, 3.05) is 33.2 Å². The first-order valence-corrected chi connectivity index (χ1v) is 12.5. The Hall–Kier alpha value is -3.77. The average molecular weight is 549 g/mol. The Bertz CT molecular complexity index is 1430. The molecule has 0 saturated carbocycles. The number of amides is 1. The summed E-state index contributed by atoms with van der Waals surface area (Å²) in [5, 5.41) is 9.94. The van der Waals surface area contributed by atoms with Crippen molar-refractivity contribution in [3.8, 4) is 22.0 Å². The maximum Gasteiger partial charge on any atom is 0.490 e. The van der Waals surface area contributed by atoms with Gasteiger partial charge in [0.05, 0.1) is 22.5 Å². The number of aromatic nitrogens is 2. The van der Waals surface area contributed by atoms with Crippen LogP contribution in [0, 0.1) is 5.82 Å². The fourth-order valence-electron chi connectivity index (χ4n) is 4.06. The van der Waals surface area contributed by atoms with Crippen LogP contribution in [0.25, 0.3) is 27.5 Å². The number of halogens is 4. The minimum Gasteiger partial charge on any atom is -0.475 e. The smallest absolute Gasteiger partial charge is 0.475 e. The summed E-state index contributed by atoms with van der Waals surface area (Å²) in [4.78, 5) is 31.3. The van der Waals surface area contributed by atoms with E-state index in [0.717, 1.165) is 60.1 Å². The van der Waals surface area contributed by atoms with Crippen LogP contribution in [0.15, 0.2) is 60.1 Å². The SMILES string of the molecule is CN1CCCN(C(=O)c2cc(-c3csc(-c4ccc(F)cc4)n3)n3ccccc23)CC1.O=C(O)C(F)(F)F. The number of carbonyl (C=O) groups excluding carboxylic acids is 1. The Balaban J connectivity index is 0.000000426. The van der Waals surface area contributed by atoms with Gasteiger partial charge < -0.3 is 19.3 Å². The van der Waals surface area contributed by atoms with Crippen molar-refractivity contribution in [2.24, 2.45) is 0 Å². The van der Waals surface area contributed by atoms with Gasteiger partial charge >= 0.3 is 12.1 Å². The van der Waals surface area contributed by atoms with Gasteiger partial charge in [-0.15, -0.1) is 11.3 Å². The van der Waals surface area contributed by atoms with E-state index < -0.39 is 12.1 Å². The molecule has 1 aliphatic rings. The highest BCUT2D eigenvalue weighted by atomic mass is 32.1. The summed E-state index contributed by atoms with van der Waals surface area (Å²) in [6.07, 6.45) is -2.14. The van der Waals surface area contributed by atoms with Crippen LogP contribution in [-0.2, 0) is 4.79 Å². The molecule has 7 nitrogen and oxygen atoms in total. The molecule has 38 heavy (non-hydrogen) atoms. The number of alkyl halides is 3. The van der Waals surface area contributed by atoms with E-state index in [0.29, 0.717) is 5.56 Å². The van der Waals surface area contributed by atoms with Crippen molar-refractivity contribution in [3.05, 3.63) is 71.5 Å². The Morgan fingerprint density at radius 3 is 2.42 bits per heavy atom. The summed E-state index contributed by atoms with van der Waals surface area (Å²) in [5.74, 6) is -2.95. The van der Waals surface area contributed by atoms with Gasteiger partial charge in [-0.1, -0.05) is 6.07 Å². The molecule has 4 aromatic rings. The third-order valence-electron chi connectivity index (χ3n) is 6.01. The molecule has 12 heteroatoms. The number of likely N-dealkylation sites (N-methyl/N-ethyl adjacent to an activating group) is 1. The molecule has 200 valence electrons. The largest absolute Gasteiger partial charge is 0.490 e. The molecular formula is C26H24F4N4O3S. The maximum absolute atomic E-state index is 13.4. The third-order valence-corrected chi connectivity index (χ3v) is 6.91. The Morgan fingerprint density at radius 1 is 1.03 bits per heavy atom. The topological polar surface area (TPSA) is 78.1 Å². The Labute approximate surface area is 219 Å². The van der Waals surface area contributed by atoms with Gasteiger partial charge in [-0.25, -0.2) is 14.2 Å². The summed E-state index contributed by atoms with van der Waals surface area (Å²) < 4.78 is 47.0. The molecule has 1 aromatic carbocycles. The molecule has 4 heterocycles. The lowest BCUT2D eigenvalue weighted by Gasteiger charge is -2.20. The molecule has 1 aliphatic heterocycles. The van der Waals surface area contributed by atoms with Crippen molar-refractivity contribution in [3.63, 3.8) is 0 Å². The van der Waals surface area contributed by atoms with Gasteiger partial charge in [0.15, 0.2) is 0 Å². The van der Waals surface area contributed by atoms with E-state index in [4.69, 9.17) is 14.9 Å². The third kappa shape index (κ3) is 6.20. The van der Waals surface area contributed by atoms with Gasteiger partial charge in [0.1, 0.15) is 10.8 Å². The minimum absolute atomic E-state index is 0.0687. The summed E-state index contributed by atoms with van der Waals surface area (Å²) >= 11 is 1.51. The summed E-state index contributed by atoms with van der Waals surface area (Å²) in [5.41, 5.74) is 4.16. The van der Waals surface area contributed by atoms with E-state index in [1.807, 2.05) is 45.1 Å². The normalized spacial score (nSPS) is 14.6. The highest BCUT2D eigenvalue weighted by Crippen LogP contribution is 2.32. The van der Waals surface area contributed by atoms with Gasteiger partial charge in [0, 0.05) is 36.8 Å². The molecule has 3 aromatic heterocycles. The summed E-state index contributed by atoms with van der Waals surface area (Å²) in [7, 11) is 2.10. The number of aliphatic carboxylic acids is 1. The van der Waals surface area contributed by atoms with Gasteiger partial charge in [-0.05, 0) is 62.5 Å². The van der Waals surface area contributed by atoms with E-state index in [2.05, 4.69) is 11.9 Å². The number of carboxylic acids is 1. The lowest BCUT2D eigenvalue weighted by molar-refractivity contribution is -0.192. The Morgan fingerprint density at radius 2 is 1.74 bits per heavy atom. The molecule has 1 fully saturated rings. The number of fused-ring (bicyclic) bond motifs is 1. The zero-order valence-corrected chi connectivity index (χ0v) is 21.1. The molecule has 0 spiro atoms. The molecule has 0 radical (unpaired) electrons. The van der Waals surface area contributed by atoms with Crippen LogP contribution >= 0.6 is 11.3 Å². The fourth-order valence-corrected chi connectivity index (χ4v) is 4.88. The van der Waals surface area contributed by atoms with E-state index in [-0.39, 0.29) is 11.7 Å². The van der Waals surface area contributed by atoms with Crippen molar-refractivity contribution < 1.29 is 32.3 Å². The monoisotopic (exact) mass is 548 g/mol. The lowest BCUT2D eigenvalue weighted by Crippen LogP contribution is -2.34. The van der Waals surface area contributed by atoms with Crippen LogP contribution in [0.1, 0.15) is 16.8 Å². The zero-order chi connectivity index (χ0) is 27.4. The number of hydrogen-bond donors (Lipinski definition) is 1. The molecule has 0 atom stereocenters. The van der Waals surface area contributed by atoms with Crippen molar-refractivity contribution in [1.29, 1.82) is 0 Å². The van der Waals surface area contributed by atoms with E-state index in [1.165, 1.54) is 23.5 Å². The maximum atomic E-state index is 13.4. The number of nitrogens with zero attached hydrogens (tertiary/aromatic N) is 4. The number of thiazole rings is 1. The molecule has 5 rings (SSSR count). The highest BCUT2D eigenvalue weighted by molar-refractivity contribution is 7.13. The Kier molecular flexibility index (Phi) is 8.12. The molecule has 0 bridgehead atoms. The molecular weight excluding hydrogens is 524 g/mol. The second-order valence-electron chi connectivity index (χ2n) is 8.70. The highest BCUT2D eigenvalue weighted by Gasteiger charge is 2.38. The molecule has 1 N–H and O–H groups in total. The second kappa shape index (κ2) is 11.3. The summed E-state index contributed by atoms with van der Waals surface area (Å²) in [6.45, 7) is 3.41. The summed E-state index contributed by atoms with van der Waals surface area (Å²) in [6, 6.07) is 14.2. The predicted molar refractivity (Wildman–Crippen MR) is 136 cm³/mol. The van der Waals surface area contributed by atoms with Crippen molar-refractivity contribution in [1.82, 2.24) is 19.2 Å². The van der Waals surface area contributed by atoms with Crippen LogP contribution in [-0.4, -0.2) is 75.6 Å². The standard InChI is InChI=1S/C24H23FN4OS.C2HF3O2/c1-27-10-4-11-28(14-13-27)24(30)19-15-22(29-12-3-2-5-21(19)29)20-16-31-23(26-20)17-6-8-18(25)9-7-17;3-2(4,5)1(6)7/h2-3,5-9,12,15-16H,4,10-11,13-14H2,1H3;(H,6,7). The van der Waals surface area contributed by atoms with Gasteiger partial charge in [0.2, 0.25) is 0 Å². The van der Waals surface area contributed by atoms with E-state index in [9.17, 15) is 22.4 Å². The van der Waals surface area contributed by atoms with Crippen LogP contribution in [0.4, 0.5) is 17.6 Å². The molecule has 1 saturated heterocycles. The predicted octanol–water partition coefficient (Wildman–Crippen LogP) is 5.28. The fraction of sp³-hybridized carbons (Fsp3) is 0.269. The van der Waals surface area contributed by atoms with Gasteiger partial charge in [0.25, 0.3) is 5.91 Å². The van der Waals surface area contributed by atoms with Crippen LogP contribution in [0.3, 0.4) is 0 Å². The first-order valence-electron chi connectivity index (χ1n) is 11.6. The number of carbonyl (C=O) groups is 2. The second-order valence-corrected chi connectivity index (χ2v) is 9.55. The molecule has 0 unspecified atom stereocenters. The molecule has 0 aliphatic carbocycles. The lowest BCUT2D eigenvalue weighted by atomic mass is 10.2. The minimum atomic E-state index is -5.08. The zero-order valence-electron chi connectivity index (χ0n) is 20.3. The van der Waals surface area contributed by atoms with Crippen LogP contribution < -0.4 is 0 Å². The van der Waals surface area contributed by atoms with Crippen LogP contribution in [0.2, 0.25) is 0 Å². The number of benzene rings is 1. The number of hydrogen-bond acceptors (Lipinski definition) is 5. The first kappa shape index (κ1) is 27.3. The van der Waals surface area contributed by atoms with Crippen molar-refractivity contribution in [2.45, 2.75) is 12.6 Å². The molecule has 1 amide bonds. The van der Waals surface area contributed by atoms with Gasteiger partial charge in [-0.2, -0.15) is 13.2 Å². The van der Waals surface area contributed by atoms with E-state index in [1.54, 1.807) is 12.1 Å². The number of rotatable bonds is 3. The van der Waals surface area contributed by atoms with E-state index >= 15 is 0 Å². The quantitative estimate of drug-likeness (QED) is 0.353. The number of carboxylic acid groups (broad SMARTS) is 1. The average Bonchev–Trinajstić information content (AvgIpc) is 3.45. The first-order chi connectivity index (χ1) is 18.0.